The van der Waals surface area contributed by atoms with Crippen LogP contribution in [0.15, 0.2) is 51.9 Å². The molecule has 0 fully saturated rings. The van der Waals surface area contributed by atoms with Crippen molar-refractivity contribution in [2.75, 3.05) is 5.75 Å². The van der Waals surface area contributed by atoms with Crippen molar-refractivity contribution in [2.45, 2.75) is 37.1 Å². The molecule has 1 N–H and O–H groups in total. The summed E-state index contributed by atoms with van der Waals surface area (Å²) in [7, 11) is -3.30. The van der Waals surface area contributed by atoms with E-state index in [4.69, 9.17) is 4.52 Å². The third-order valence-corrected chi connectivity index (χ3v) is 6.91. The van der Waals surface area contributed by atoms with Crippen molar-refractivity contribution >= 4 is 15.7 Å². The van der Waals surface area contributed by atoms with E-state index < -0.39 is 9.84 Å². The molecule has 0 aliphatic carbocycles. The van der Waals surface area contributed by atoms with Gasteiger partial charge in [-0.05, 0) is 48.7 Å². The molecule has 1 unspecified atom stereocenters. The van der Waals surface area contributed by atoms with Gasteiger partial charge in [0.2, 0.25) is 17.6 Å². The number of rotatable bonds is 5. The molecule has 30 heavy (non-hydrogen) atoms. The Hall–Kier alpha value is -3.07. The third-order valence-electron chi connectivity index (χ3n) is 5.09. The molecule has 1 aliphatic heterocycles. The molecule has 7 nitrogen and oxygen atoms in total. The highest BCUT2D eigenvalue weighted by atomic mass is 32.2. The second-order valence-electron chi connectivity index (χ2n) is 7.24. The fourth-order valence-electron chi connectivity index (χ4n) is 3.48. The molecule has 0 saturated heterocycles. The number of halogens is 1. The van der Waals surface area contributed by atoms with Gasteiger partial charge in [-0.15, -0.1) is 0 Å². The molecule has 1 amide bonds. The van der Waals surface area contributed by atoms with Crippen LogP contribution in [-0.4, -0.2) is 30.2 Å². The number of carbonyl (C=O) groups excluding carboxylic acids is 1. The van der Waals surface area contributed by atoms with Gasteiger partial charge in [-0.2, -0.15) is 4.98 Å². The van der Waals surface area contributed by atoms with Gasteiger partial charge >= 0.3 is 0 Å². The van der Waals surface area contributed by atoms with Crippen molar-refractivity contribution in [2.24, 2.45) is 0 Å². The number of nitrogens with zero attached hydrogens (tertiary/aromatic N) is 2. The maximum atomic E-state index is 13.4. The summed E-state index contributed by atoms with van der Waals surface area (Å²) in [5.74, 6) is 0.0929. The van der Waals surface area contributed by atoms with E-state index in [0.29, 0.717) is 34.8 Å². The molecule has 2 aromatic carbocycles. The number of nitrogens with one attached hydrogen (secondary N) is 1. The fraction of sp³-hybridized carbons (Fsp3) is 0.286. The van der Waals surface area contributed by atoms with Gasteiger partial charge in [-0.1, -0.05) is 23.4 Å². The lowest BCUT2D eigenvalue weighted by Gasteiger charge is -2.26. The summed E-state index contributed by atoms with van der Waals surface area (Å²) in [6, 6.07) is 10.9. The van der Waals surface area contributed by atoms with Crippen LogP contribution >= 0.6 is 0 Å². The minimum Gasteiger partial charge on any atom is -0.349 e. The monoisotopic (exact) mass is 429 g/mol. The highest BCUT2D eigenvalue weighted by Gasteiger charge is 2.30. The normalized spacial score (nSPS) is 17.3. The molecule has 0 saturated carbocycles. The van der Waals surface area contributed by atoms with E-state index in [1.165, 1.54) is 6.07 Å². The number of aromatic nitrogens is 2. The zero-order valence-electron chi connectivity index (χ0n) is 16.3. The summed E-state index contributed by atoms with van der Waals surface area (Å²) in [5, 5.41) is 6.79. The van der Waals surface area contributed by atoms with E-state index in [2.05, 4.69) is 15.5 Å². The minimum absolute atomic E-state index is 0.000926. The Labute approximate surface area is 173 Å². The average Bonchev–Trinajstić information content (AvgIpc) is 3.20. The molecule has 1 aromatic heterocycles. The van der Waals surface area contributed by atoms with E-state index >= 15 is 0 Å². The molecule has 0 radical (unpaired) electrons. The topological polar surface area (TPSA) is 102 Å². The maximum absolute atomic E-state index is 13.4. The Morgan fingerprint density at radius 3 is 2.87 bits per heavy atom. The molecule has 4 rings (SSSR count). The predicted octanol–water partition coefficient (Wildman–Crippen LogP) is 3.15. The van der Waals surface area contributed by atoms with Crippen molar-refractivity contribution in [1.29, 1.82) is 0 Å². The van der Waals surface area contributed by atoms with Crippen LogP contribution in [0.3, 0.4) is 0 Å². The molecule has 0 spiro atoms. The number of sulfone groups is 1. The SMILES string of the molecule is Cc1cc(-c2noc(CCC(=O)NC3CCS(=O)(=O)c4ccccc43)n2)ccc1F. The predicted molar refractivity (Wildman–Crippen MR) is 107 cm³/mol. The van der Waals surface area contributed by atoms with Crippen molar-refractivity contribution in [3.8, 4) is 11.4 Å². The second kappa shape index (κ2) is 7.98. The Bertz CT molecular complexity index is 1210. The number of aryl methyl sites for hydroxylation is 2. The number of amides is 1. The molecule has 3 aromatic rings. The Balaban J connectivity index is 1.39. The highest BCUT2D eigenvalue weighted by molar-refractivity contribution is 7.91. The average molecular weight is 429 g/mol. The summed E-state index contributed by atoms with van der Waals surface area (Å²) >= 11 is 0. The van der Waals surface area contributed by atoms with Crippen LogP contribution < -0.4 is 5.32 Å². The van der Waals surface area contributed by atoms with Crippen molar-refractivity contribution in [3.05, 3.63) is 65.3 Å². The van der Waals surface area contributed by atoms with Crippen LogP contribution in [0.5, 0.6) is 0 Å². The van der Waals surface area contributed by atoms with E-state index in [-0.39, 0.29) is 41.3 Å². The molecule has 1 atom stereocenters. The zero-order chi connectivity index (χ0) is 21.3. The molecule has 0 bridgehead atoms. The first-order valence-corrected chi connectivity index (χ1v) is 11.2. The Kier molecular flexibility index (Phi) is 5.38. The molecule has 1 aliphatic rings. The Morgan fingerprint density at radius 1 is 1.27 bits per heavy atom. The van der Waals surface area contributed by atoms with Gasteiger partial charge in [-0.3, -0.25) is 4.79 Å². The molecule has 2 heterocycles. The summed E-state index contributed by atoms with van der Waals surface area (Å²) in [4.78, 5) is 17.0. The molecular weight excluding hydrogens is 409 g/mol. The highest BCUT2D eigenvalue weighted by Crippen LogP contribution is 2.32. The fourth-order valence-corrected chi connectivity index (χ4v) is 5.11. The van der Waals surface area contributed by atoms with E-state index in [9.17, 15) is 17.6 Å². The minimum atomic E-state index is -3.30. The first-order chi connectivity index (χ1) is 14.3. The largest absolute Gasteiger partial charge is 0.349 e. The lowest BCUT2D eigenvalue weighted by atomic mass is 10.0. The maximum Gasteiger partial charge on any atom is 0.227 e. The summed E-state index contributed by atoms with van der Waals surface area (Å²) in [6.45, 7) is 1.65. The van der Waals surface area contributed by atoms with E-state index in [1.54, 1.807) is 43.3 Å². The van der Waals surface area contributed by atoms with Crippen molar-refractivity contribution < 1.29 is 22.1 Å². The number of hydrogen-bond acceptors (Lipinski definition) is 6. The third kappa shape index (κ3) is 4.11. The van der Waals surface area contributed by atoms with Crippen LogP contribution in [0, 0.1) is 12.7 Å². The van der Waals surface area contributed by atoms with Crippen LogP contribution in [0.2, 0.25) is 0 Å². The first kappa shape index (κ1) is 20.2. The van der Waals surface area contributed by atoms with Gasteiger partial charge < -0.3 is 9.84 Å². The Morgan fingerprint density at radius 2 is 2.07 bits per heavy atom. The smallest absolute Gasteiger partial charge is 0.227 e. The van der Waals surface area contributed by atoms with E-state index in [1.807, 2.05) is 0 Å². The van der Waals surface area contributed by atoms with E-state index in [0.717, 1.165) is 0 Å². The molecule has 9 heteroatoms. The van der Waals surface area contributed by atoms with Crippen molar-refractivity contribution in [1.82, 2.24) is 15.5 Å². The summed E-state index contributed by atoms with van der Waals surface area (Å²) in [6.07, 6.45) is 0.695. The molecular formula is C21H20FN3O4S. The van der Waals surface area contributed by atoms with Crippen LogP contribution in [-0.2, 0) is 21.1 Å². The summed E-state index contributed by atoms with van der Waals surface area (Å²) < 4.78 is 43.0. The lowest BCUT2D eigenvalue weighted by Crippen LogP contribution is -2.34. The van der Waals surface area contributed by atoms with Gasteiger partial charge in [0.25, 0.3) is 0 Å². The number of fused-ring (bicyclic) bond motifs is 1. The van der Waals surface area contributed by atoms with Gasteiger partial charge in [0, 0.05) is 18.4 Å². The number of carbonyl (C=O) groups is 1. The molecule has 156 valence electrons. The quantitative estimate of drug-likeness (QED) is 0.668. The van der Waals surface area contributed by atoms with Crippen LogP contribution in [0.4, 0.5) is 4.39 Å². The van der Waals surface area contributed by atoms with Gasteiger partial charge in [0.15, 0.2) is 9.84 Å². The van der Waals surface area contributed by atoms with Gasteiger partial charge in [0.1, 0.15) is 5.82 Å². The van der Waals surface area contributed by atoms with Crippen LogP contribution in [0.1, 0.15) is 35.9 Å². The lowest BCUT2D eigenvalue weighted by molar-refractivity contribution is -0.122. The summed E-state index contributed by atoms with van der Waals surface area (Å²) in [5.41, 5.74) is 1.73. The number of hydrogen-bond donors (Lipinski definition) is 1. The van der Waals surface area contributed by atoms with Crippen LogP contribution in [0.25, 0.3) is 11.4 Å². The second-order valence-corrected chi connectivity index (χ2v) is 9.32. The van der Waals surface area contributed by atoms with Crippen molar-refractivity contribution in [3.63, 3.8) is 0 Å². The van der Waals surface area contributed by atoms with Gasteiger partial charge in [0.05, 0.1) is 16.7 Å². The number of benzene rings is 2. The van der Waals surface area contributed by atoms with Gasteiger partial charge in [-0.25, -0.2) is 12.8 Å². The standard InChI is InChI=1S/C21H20FN3O4S/c1-13-12-14(6-7-16(13)22)21-24-20(29-25-21)9-8-19(26)23-17-10-11-30(27,28)18-5-3-2-4-15(17)18/h2-7,12,17H,8-11H2,1H3,(H,23,26). The zero-order valence-corrected chi connectivity index (χ0v) is 17.1. The first-order valence-electron chi connectivity index (χ1n) is 9.53.